The standard InChI is InChI=1S/C22H22F2N4O3/c23-22(24)31-17-4-3-14-19(29)18(11-16-13-2-1-7-26-21(13)28-27-16)30-20(14)15(17)10-12-5-8-25-9-6-12/h1-4,7,11-12,19,22,25,29H,5-6,8-10H2,(H,26,27,28)/b18-11-. The molecule has 1 aromatic carbocycles. The highest BCUT2D eigenvalue weighted by molar-refractivity contribution is 5.84. The summed E-state index contributed by atoms with van der Waals surface area (Å²) in [5.74, 6) is 1.10. The number of ether oxygens (including phenoxy) is 2. The predicted molar refractivity (Wildman–Crippen MR) is 110 cm³/mol. The van der Waals surface area contributed by atoms with Crippen molar-refractivity contribution >= 4 is 17.1 Å². The Labute approximate surface area is 177 Å². The highest BCUT2D eigenvalue weighted by atomic mass is 19.3. The van der Waals surface area contributed by atoms with Crippen molar-refractivity contribution in [1.29, 1.82) is 0 Å². The molecule has 0 radical (unpaired) electrons. The summed E-state index contributed by atoms with van der Waals surface area (Å²) in [6.45, 7) is -1.16. The molecule has 31 heavy (non-hydrogen) atoms. The highest BCUT2D eigenvalue weighted by Crippen LogP contribution is 2.47. The second-order valence-electron chi connectivity index (χ2n) is 7.80. The Bertz CT molecular complexity index is 1130. The molecular formula is C22H22F2N4O3. The average Bonchev–Trinajstić information content (AvgIpc) is 3.32. The van der Waals surface area contributed by atoms with Gasteiger partial charge < -0.3 is 19.9 Å². The number of H-pyrrole nitrogens is 1. The van der Waals surface area contributed by atoms with Crippen LogP contribution in [0, 0.1) is 5.92 Å². The molecule has 1 atom stereocenters. The normalized spacial score (nSPS) is 20.4. The second-order valence-corrected chi connectivity index (χ2v) is 7.80. The van der Waals surface area contributed by atoms with Crippen LogP contribution in [-0.2, 0) is 6.42 Å². The van der Waals surface area contributed by atoms with Crippen molar-refractivity contribution in [2.24, 2.45) is 5.92 Å². The molecule has 162 valence electrons. The zero-order valence-corrected chi connectivity index (χ0v) is 16.6. The molecule has 1 unspecified atom stereocenters. The number of aromatic nitrogens is 3. The zero-order chi connectivity index (χ0) is 21.4. The Morgan fingerprint density at radius 2 is 2.10 bits per heavy atom. The van der Waals surface area contributed by atoms with Gasteiger partial charge in [-0.25, -0.2) is 4.98 Å². The summed E-state index contributed by atoms with van der Waals surface area (Å²) in [7, 11) is 0. The van der Waals surface area contributed by atoms with Gasteiger partial charge in [-0.1, -0.05) is 0 Å². The minimum atomic E-state index is -2.94. The first-order valence-electron chi connectivity index (χ1n) is 10.3. The number of rotatable bonds is 5. The van der Waals surface area contributed by atoms with Crippen LogP contribution in [0.25, 0.3) is 17.1 Å². The van der Waals surface area contributed by atoms with Crippen LogP contribution in [-0.4, -0.2) is 40.0 Å². The van der Waals surface area contributed by atoms with Gasteiger partial charge in [0, 0.05) is 28.8 Å². The third kappa shape index (κ3) is 3.86. The van der Waals surface area contributed by atoms with E-state index in [9.17, 15) is 13.9 Å². The number of piperidine rings is 1. The van der Waals surface area contributed by atoms with Crippen molar-refractivity contribution in [3.63, 3.8) is 0 Å². The predicted octanol–water partition coefficient (Wildman–Crippen LogP) is 3.57. The second kappa shape index (κ2) is 8.24. The molecule has 0 bridgehead atoms. The van der Waals surface area contributed by atoms with Crippen LogP contribution in [0.4, 0.5) is 8.78 Å². The molecule has 3 N–H and O–H groups in total. The lowest BCUT2D eigenvalue weighted by Crippen LogP contribution is -2.28. The Hall–Kier alpha value is -3.04. The molecule has 0 aliphatic carbocycles. The number of pyridine rings is 1. The Morgan fingerprint density at radius 3 is 2.90 bits per heavy atom. The molecule has 0 saturated carbocycles. The summed E-state index contributed by atoms with van der Waals surface area (Å²) in [6.07, 6.45) is 4.71. The van der Waals surface area contributed by atoms with E-state index in [2.05, 4.69) is 20.5 Å². The number of nitrogens with zero attached hydrogens (tertiary/aromatic N) is 2. The number of aromatic amines is 1. The molecule has 0 spiro atoms. The van der Waals surface area contributed by atoms with E-state index < -0.39 is 12.7 Å². The maximum absolute atomic E-state index is 13.0. The van der Waals surface area contributed by atoms with E-state index in [1.807, 2.05) is 6.07 Å². The van der Waals surface area contributed by atoms with Crippen LogP contribution < -0.4 is 14.8 Å². The first-order chi connectivity index (χ1) is 15.1. The fraction of sp³-hybridized carbons (Fsp3) is 0.364. The lowest BCUT2D eigenvalue weighted by atomic mass is 9.89. The van der Waals surface area contributed by atoms with Crippen molar-refractivity contribution in [2.75, 3.05) is 13.1 Å². The summed E-state index contributed by atoms with van der Waals surface area (Å²) in [4.78, 5) is 4.21. The van der Waals surface area contributed by atoms with Crippen LogP contribution >= 0.6 is 0 Å². The molecule has 5 rings (SSSR count). The SMILES string of the molecule is OC1/C(=C/c2n[nH]c3ncccc23)Oc2c1ccc(OC(F)F)c2CC1CCNCC1. The number of aliphatic hydroxyl groups is 1. The monoisotopic (exact) mass is 428 g/mol. The number of nitrogens with one attached hydrogen (secondary N) is 2. The van der Waals surface area contributed by atoms with Gasteiger partial charge in [-0.15, -0.1) is 0 Å². The molecule has 0 amide bonds. The highest BCUT2D eigenvalue weighted by Gasteiger charge is 2.33. The van der Waals surface area contributed by atoms with Gasteiger partial charge in [0.2, 0.25) is 0 Å². The van der Waals surface area contributed by atoms with Crippen molar-refractivity contribution in [3.8, 4) is 11.5 Å². The van der Waals surface area contributed by atoms with E-state index in [0.717, 1.165) is 31.3 Å². The Balaban J connectivity index is 1.51. The van der Waals surface area contributed by atoms with Crippen LogP contribution in [0.3, 0.4) is 0 Å². The summed E-state index contributed by atoms with van der Waals surface area (Å²) >= 11 is 0. The molecule has 2 aliphatic rings. The smallest absolute Gasteiger partial charge is 0.387 e. The lowest BCUT2D eigenvalue weighted by molar-refractivity contribution is -0.0506. The number of hydrogen-bond acceptors (Lipinski definition) is 6. The van der Waals surface area contributed by atoms with Crippen molar-refractivity contribution in [2.45, 2.75) is 32.0 Å². The molecule has 2 aromatic heterocycles. The molecule has 2 aliphatic heterocycles. The summed E-state index contributed by atoms with van der Waals surface area (Å²) in [5, 5.41) is 22.1. The topological polar surface area (TPSA) is 92.3 Å². The van der Waals surface area contributed by atoms with E-state index in [1.54, 1.807) is 24.4 Å². The van der Waals surface area contributed by atoms with Crippen molar-refractivity contribution in [1.82, 2.24) is 20.5 Å². The summed E-state index contributed by atoms with van der Waals surface area (Å²) in [5.41, 5.74) is 2.31. The van der Waals surface area contributed by atoms with E-state index in [-0.39, 0.29) is 11.5 Å². The van der Waals surface area contributed by atoms with Gasteiger partial charge >= 0.3 is 6.61 Å². The van der Waals surface area contributed by atoms with E-state index in [4.69, 9.17) is 9.47 Å². The van der Waals surface area contributed by atoms with E-state index in [0.29, 0.717) is 40.6 Å². The van der Waals surface area contributed by atoms with Crippen molar-refractivity contribution < 1.29 is 23.4 Å². The van der Waals surface area contributed by atoms with Crippen LogP contribution in [0.15, 0.2) is 36.2 Å². The quantitative estimate of drug-likeness (QED) is 0.576. The molecule has 4 heterocycles. The number of benzene rings is 1. The van der Waals surface area contributed by atoms with Crippen LogP contribution in [0.5, 0.6) is 11.5 Å². The number of hydrogen-bond donors (Lipinski definition) is 3. The number of halogens is 2. The minimum absolute atomic E-state index is 0.0927. The van der Waals surface area contributed by atoms with E-state index in [1.165, 1.54) is 6.07 Å². The number of fused-ring (bicyclic) bond motifs is 2. The molecular weight excluding hydrogens is 406 g/mol. The maximum Gasteiger partial charge on any atom is 0.387 e. The first kappa shape index (κ1) is 19.9. The van der Waals surface area contributed by atoms with Gasteiger partial charge in [0.15, 0.2) is 5.65 Å². The maximum atomic E-state index is 13.0. The minimum Gasteiger partial charge on any atom is -0.458 e. The fourth-order valence-corrected chi connectivity index (χ4v) is 4.29. The van der Waals surface area contributed by atoms with Crippen LogP contribution in [0.1, 0.15) is 35.8 Å². The van der Waals surface area contributed by atoms with Crippen molar-refractivity contribution in [3.05, 3.63) is 53.0 Å². The fourth-order valence-electron chi connectivity index (χ4n) is 4.29. The summed E-state index contributed by atoms with van der Waals surface area (Å²) in [6, 6.07) is 6.73. The third-order valence-electron chi connectivity index (χ3n) is 5.84. The van der Waals surface area contributed by atoms with Gasteiger partial charge in [-0.05, 0) is 62.5 Å². The molecule has 9 heteroatoms. The first-order valence-corrected chi connectivity index (χ1v) is 10.3. The Morgan fingerprint density at radius 1 is 1.26 bits per heavy atom. The van der Waals surface area contributed by atoms with Gasteiger partial charge in [-0.2, -0.15) is 13.9 Å². The molecule has 7 nitrogen and oxygen atoms in total. The molecule has 1 saturated heterocycles. The number of alkyl halides is 2. The van der Waals surface area contributed by atoms with Gasteiger partial charge in [-0.3, -0.25) is 5.10 Å². The molecule has 3 aromatic rings. The third-order valence-corrected chi connectivity index (χ3v) is 5.84. The summed E-state index contributed by atoms with van der Waals surface area (Å²) < 4.78 is 36.9. The van der Waals surface area contributed by atoms with Gasteiger partial charge in [0.25, 0.3) is 0 Å². The van der Waals surface area contributed by atoms with Crippen LogP contribution in [0.2, 0.25) is 0 Å². The molecule has 1 fully saturated rings. The number of aliphatic hydroxyl groups excluding tert-OH is 1. The van der Waals surface area contributed by atoms with E-state index >= 15 is 0 Å². The zero-order valence-electron chi connectivity index (χ0n) is 16.6. The average molecular weight is 428 g/mol. The lowest BCUT2D eigenvalue weighted by Gasteiger charge is -2.24. The largest absolute Gasteiger partial charge is 0.458 e. The van der Waals surface area contributed by atoms with Gasteiger partial charge in [0.1, 0.15) is 23.4 Å². The Kier molecular flexibility index (Phi) is 5.29. The van der Waals surface area contributed by atoms with Gasteiger partial charge in [0.05, 0.1) is 5.69 Å².